The summed E-state index contributed by atoms with van der Waals surface area (Å²) in [7, 11) is 6.00. The summed E-state index contributed by atoms with van der Waals surface area (Å²) in [6.07, 6.45) is 2.62. The monoisotopic (exact) mass is 361 g/mol. The fourth-order valence-corrected chi connectivity index (χ4v) is 4.54. The molecule has 0 amide bonds. The number of rotatable bonds is 8. The van der Waals surface area contributed by atoms with Crippen molar-refractivity contribution in [3.8, 4) is 5.75 Å². The van der Waals surface area contributed by atoms with Crippen LogP contribution in [0.2, 0.25) is 0 Å². The van der Waals surface area contributed by atoms with E-state index in [9.17, 15) is 5.11 Å². The first-order valence-electron chi connectivity index (χ1n) is 9.95. The zero-order valence-corrected chi connectivity index (χ0v) is 16.7. The topological polar surface area (TPSA) is 39.2 Å². The molecule has 0 aliphatic carbocycles. The number of ether oxygens (including phenoxy) is 1. The summed E-state index contributed by atoms with van der Waals surface area (Å²) in [6.45, 7) is 7.73. The normalized spacial score (nSPS) is 24.7. The first-order chi connectivity index (χ1) is 12.6. The van der Waals surface area contributed by atoms with Crippen LogP contribution in [-0.4, -0.2) is 80.3 Å². The minimum absolute atomic E-state index is 0.290. The van der Waals surface area contributed by atoms with Crippen molar-refractivity contribution in [1.82, 2.24) is 14.7 Å². The third kappa shape index (κ3) is 4.97. The number of aliphatic hydroxyl groups is 1. The Labute approximate surface area is 158 Å². The summed E-state index contributed by atoms with van der Waals surface area (Å²) in [4.78, 5) is 7.25. The average molecular weight is 362 g/mol. The SMILES string of the molecule is COc1ccc(CN2C[C@@H](CN(C)C)[C@@H](CO)C2)cc1CN1CCCC1. The van der Waals surface area contributed by atoms with Crippen molar-refractivity contribution >= 4 is 0 Å². The molecule has 0 saturated carbocycles. The minimum atomic E-state index is 0.290. The molecule has 0 bridgehead atoms. The number of hydrogen-bond donors (Lipinski definition) is 1. The van der Waals surface area contributed by atoms with E-state index in [0.29, 0.717) is 11.8 Å². The fourth-order valence-electron chi connectivity index (χ4n) is 4.54. The molecular weight excluding hydrogens is 326 g/mol. The highest BCUT2D eigenvalue weighted by atomic mass is 16.5. The van der Waals surface area contributed by atoms with Gasteiger partial charge in [0.15, 0.2) is 0 Å². The van der Waals surface area contributed by atoms with Crippen LogP contribution in [0.5, 0.6) is 5.75 Å². The van der Waals surface area contributed by atoms with Gasteiger partial charge in [0, 0.05) is 44.9 Å². The van der Waals surface area contributed by atoms with Gasteiger partial charge in [0.25, 0.3) is 0 Å². The highest BCUT2D eigenvalue weighted by molar-refractivity contribution is 5.37. The summed E-state index contributed by atoms with van der Waals surface area (Å²) in [6, 6.07) is 6.64. The maximum atomic E-state index is 9.74. The molecule has 1 N–H and O–H groups in total. The summed E-state index contributed by atoms with van der Waals surface area (Å²) in [5.41, 5.74) is 2.65. The summed E-state index contributed by atoms with van der Waals surface area (Å²) < 4.78 is 5.60. The van der Waals surface area contributed by atoms with E-state index in [2.05, 4.69) is 47.0 Å². The van der Waals surface area contributed by atoms with Gasteiger partial charge in [-0.05, 0) is 69.6 Å². The van der Waals surface area contributed by atoms with Gasteiger partial charge in [-0.3, -0.25) is 9.80 Å². The van der Waals surface area contributed by atoms with Crippen LogP contribution < -0.4 is 4.74 Å². The third-order valence-corrected chi connectivity index (χ3v) is 5.83. The first-order valence-corrected chi connectivity index (χ1v) is 9.95. The number of benzene rings is 1. The average Bonchev–Trinajstić information content (AvgIpc) is 3.24. The van der Waals surface area contributed by atoms with Gasteiger partial charge in [-0.2, -0.15) is 0 Å². The lowest BCUT2D eigenvalue weighted by Gasteiger charge is -2.21. The van der Waals surface area contributed by atoms with Crippen molar-refractivity contribution in [3.05, 3.63) is 29.3 Å². The number of aliphatic hydroxyl groups excluding tert-OH is 1. The van der Waals surface area contributed by atoms with E-state index in [-0.39, 0.29) is 6.61 Å². The van der Waals surface area contributed by atoms with Gasteiger partial charge in [0.1, 0.15) is 5.75 Å². The third-order valence-electron chi connectivity index (χ3n) is 5.83. The van der Waals surface area contributed by atoms with E-state index in [1.54, 1.807) is 7.11 Å². The highest BCUT2D eigenvalue weighted by Crippen LogP contribution is 2.28. The van der Waals surface area contributed by atoms with E-state index >= 15 is 0 Å². The second kappa shape index (κ2) is 9.18. The van der Waals surface area contributed by atoms with Crippen molar-refractivity contribution in [2.24, 2.45) is 11.8 Å². The van der Waals surface area contributed by atoms with Crippen molar-refractivity contribution in [3.63, 3.8) is 0 Å². The van der Waals surface area contributed by atoms with Crippen molar-refractivity contribution in [2.45, 2.75) is 25.9 Å². The summed E-state index contributed by atoms with van der Waals surface area (Å²) >= 11 is 0. The van der Waals surface area contributed by atoms with Crippen LogP contribution in [0.15, 0.2) is 18.2 Å². The van der Waals surface area contributed by atoms with Gasteiger partial charge in [-0.15, -0.1) is 0 Å². The molecule has 2 aliphatic heterocycles. The van der Waals surface area contributed by atoms with Crippen molar-refractivity contribution in [2.75, 3.05) is 60.5 Å². The van der Waals surface area contributed by atoms with E-state index in [1.165, 1.54) is 37.1 Å². The van der Waals surface area contributed by atoms with Gasteiger partial charge < -0.3 is 14.7 Å². The minimum Gasteiger partial charge on any atom is -0.496 e. The highest BCUT2D eigenvalue weighted by Gasteiger charge is 2.32. The van der Waals surface area contributed by atoms with Gasteiger partial charge >= 0.3 is 0 Å². The quantitative estimate of drug-likeness (QED) is 0.766. The number of hydrogen-bond acceptors (Lipinski definition) is 5. The number of methoxy groups -OCH3 is 1. The van der Waals surface area contributed by atoms with Crippen molar-refractivity contribution in [1.29, 1.82) is 0 Å². The molecule has 26 heavy (non-hydrogen) atoms. The van der Waals surface area contributed by atoms with Crippen LogP contribution in [0.25, 0.3) is 0 Å². The van der Waals surface area contributed by atoms with Crippen LogP contribution in [0.4, 0.5) is 0 Å². The molecule has 1 aromatic rings. The molecule has 2 fully saturated rings. The first kappa shape index (κ1) is 19.6. The molecule has 5 heteroatoms. The predicted molar refractivity (Wildman–Crippen MR) is 105 cm³/mol. The Morgan fingerprint density at radius 3 is 2.46 bits per heavy atom. The second-order valence-electron chi connectivity index (χ2n) is 8.29. The van der Waals surface area contributed by atoms with E-state index in [0.717, 1.165) is 38.5 Å². The van der Waals surface area contributed by atoms with Crippen LogP contribution in [-0.2, 0) is 13.1 Å². The van der Waals surface area contributed by atoms with E-state index < -0.39 is 0 Å². The molecule has 2 heterocycles. The van der Waals surface area contributed by atoms with Crippen LogP contribution in [0.3, 0.4) is 0 Å². The zero-order chi connectivity index (χ0) is 18.5. The molecule has 3 rings (SSSR count). The van der Waals surface area contributed by atoms with Crippen molar-refractivity contribution < 1.29 is 9.84 Å². The van der Waals surface area contributed by atoms with Crippen LogP contribution in [0.1, 0.15) is 24.0 Å². The molecule has 0 aromatic heterocycles. The molecule has 0 spiro atoms. The molecule has 0 unspecified atom stereocenters. The predicted octanol–water partition coefficient (Wildman–Crippen LogP) is 1.89. The summed E-state index contributed by atoms with van der Waals surface area (Å²) in [5.74, 6) is 1.94. The maximum Gasteiger partial charge on any atom is 0.123 e. The second-order valence-corrected chi connectivity index (χ2v) is 8.29. The molecule has 2 saturated heterocycles. The molecule has 0 radical (unpaired) electrons. The lowest BCUT2D eigenvalue weighted by Crippen LogP contribution is -2.28. The molecule has 2 aliphatic rings. The smallest absolute Gasteiger partial charge is 0.123 e. The van der Waals surface area contributed by atoms with E-state index in [1.807, 2.05) is 0 Å². The zero-order valence-electron chi connectivity index (χ0n) is 16.7. The number of likely N-dealkylation sites (tertiary alicyclic amines) is 2. The molecule has 1 aromatic carbocycles. The Balaban J connectivity index is 1.65. The Morgan fingerprint density at radius 2 is 1.81 bits per heavy atom. The van der Waals surface area contributed by atoms with Crippen LogP contribution >= 0.6 is 0 Å². The lowest BCUT2D eigenvalue weighted by atomic mass is 9.97. The Kier molecular flexibility index (Phi) is 6.92. The molecule has 5 nitrogen and oxygen atoms in total. The largest absolute Gasteiger partial charge is 0.496 e. The van der Waals surface area contributed by atoms with Gasteiger partial charge in [0.2, 0.25) is 0 Å². The summed E-state index contributed by atoms with van der Waals surface area (Å²) in [5, 5.41) is 9.74. The fraction of sp³-hybridized carbons (Fsp3) is 0.714. The van der Waals surface area contributed by atoms with Gasteiger partial charge in [-0.25, -0.2) is 0 Å². The maximum absolute atomic E-state index is 9.74. The Morgan fingerprint density at radius 1 is 1.08 bits per heavy atom. The Bertz CT molecular complexity index is 572. The van der Waals surface area contributed by atoms with Gasteiger partial charge in [0.05, 0.1) is 7.11 Å². The molecule has 2 atom stereocenters. The van der Waals surface area contributed by atoms with E-state index in [4.69, 9.17) is 4.74 Å². The lowest BCUT2D eigenvalue weighted by molar-refractivity contribution is 0.183. The number of nitrogens with zero attached hydrogens (tertiary/aromatic N) is 3. The van der Waals surface area contributed by atoms with Gasteiger partial charge in [-0.1, -0.05) is 6.07 Å². The van der Waals surface area contributed by atoms with Crippen LogP contribution in [0, 0.1) is 11.8 Å². The molecular formula is C21H35N3O2. The Hall–Kier alpha value is -1.14. The molecule has 146 valence electrons. The standard InChI is InChI=1S/C21H35N3O2/c1-22(2)12-19-14-24(15-20(19)16-25)11-17-6-7-21(26-3)18(10-17)13-23-8-4-5-9-23/h6-7,10,19-20,25H,4-5,8-9,11-16H2,1-3H3/t19-,20-/m1/s1.